The van der Waals surface area contributed by atoms with Crippen LogP contribution in [0.5, 0.6) is 0 Å². The zero-order chi connectivity index (χ0) is 27.0. The standard InChI is InChI=1S/C28H33Cl2N5O2/c1-27(2,3)20-8-10-28(11-9-20)34-24(19-12-21(29)14-22(30)13-19)26(37)35(28)16-17-4-6-18(7-5-17)25(36)33-15-23(31)32/h4-7,12-14,20H,8-11,15-16H2,1-3H3,(H3,31,32)(H,33,36). The number of aliphatic imine (C=N–C) groups is 1. The Labute approximate surface area is 227 Å². The quantitative estimate of drug-likeness (QED) is 0.335. The molecule has 0 radical (unpaired) electrons. The molecule has 37 heavy (non-hydrogen) atoms. The molecule has 0 unspecified atom stereocenters. The van der Waals surface area contributed by atoms with Crippen LogP contribution in [-0.4, -0.2) is 40.5 Å². The Morgan fingerprint density at radius 1 is 1.14 bits per heavy atom. The maximum atomic E-state index is 13.8. The fourth-order valence-corrected chi connectivity index (χ4v) is 5.81. The highest BCUT2D eigenvalue weighted by molar-refractivity contribution is 6.47. The van der Waals surface area contributed by atoms with Gasteiger partial charge in [0.15, 0.2) is 0 Å². The molecule has 9 heteroatoms. The number of rotatable bonds is 6. The second kappa shape index (κ2) is 10.5. The van der Waals surface area contributed by atoms with E-state index in [1.807, 2.05) is 17.0 Å². The summed E-state index contributed by atoms with van der Waals surface area (Å²) in [6.07, 6.45) is 3.53. The van der Waals surface area contributed by atoms with E-state index in [0.29, 0.717) is 39.3 Å². The minimum atomic E-state index is -0.625. The first-order chi connectivity index (χ1) is 17.4. The highest BCUT2D eigenvalue weighted by atomic mass is 35.5. The molecule has 1 aliphatic heterocycles. The zero-order valence-corrected chi connectivity index (χ0v) is 22.9. The topological polar surface area (TPSA) is 112 Å². The van der Waals surface area contributed by atoms with Crippen molar-refractivity contribution in [1.82, 2.24) is 10.2 Å². The number of carbonyl (C=O) groups is 2. The second-order valence-electron chi connectivity index (χ2n) is 11.0. The van der Waals surface area contributed by atoms with Crippen LogP contribution in [-0.2, 0) is 11.3 Å². The number of hydrogen-bond acceptors (Lipinski definition) is 4. The average molecular weight is 543 g/mol. The smallest absolute Gasteiger partial charge is 0.274 e. The number of amidine groups is 1. The van der Waals surface area contributed by atoms with Crippen LogP contribution >= 0.6 is 23.2 Å². The molecule has 2 amide bonds. The molecule has 4 N–H and O–H groups in total. The van der Waals surface area contributed by atoms with Gasteiger partial charge in [0.2, 0.25) is 0 Å². The molecule has 1 saturated carbocycles. The SMILES string of the molecule is CC(C)(C)C1CCC2(CC1)N=C(c1cc(Cl)cc(Cl)c1)C(=O)N2Cc1ccc(C(=O)NCC(=N)N)cc1. The molecule has 2 aromatic rings. The molecule has 0 atom stereocenters. The Kier molecular flexibility index (Phi) is 7.67. The van der Waals surface area contributed by atoms with E-state index >= 15 is 0 Å². The summed E-state index contributed by atoms with van der Waals surface area (Å²) in [6, 6.07) is 12.2. The summed E-state index contributed by atoms with van der Waals surface area (Å²) in [5, 5.41) is 10.8. The molecular formula is C28H33Cl2N5O2. The minimum absolute atomic E-state index is 0.00538. The Bertz CT molecular complexity index is 1220. The van der Waals surface area contributed by atoms with E-state index in [9.17, 15) is 9.59 Å². The summed E-state index contributed by atoms with van der Waals surface area (Å²) in [5.74, 6) is -0.00113. The van der Waals surface area contributed by atoms with Gasteiger partial charge in [-0.25, -0.2) is 0 Å². The van der Waals surface area contributed by atoms with Crippen LogP contribution in [0.25, 0.3) is 0 Å². The first kappa shape index (κ1) is 27.1. The monoisotopic (exact) mass is 541 g/mol. The third-order valence-electron chi connectivity index (χ3n) is 7.41. The van der Waals surface area contributed by atoms with E-state index < -0.39 is 5.66 Å². The first-order valence-electron chi connectivity index (χ1n) is 12.5. The van der Waals surface area contributed by atoms with Gasteiger partial charge >= 0.3 is 0 Å². The Hall–Kier alpha value is -2.90. The highest BCUT2D eigenvalue weighted by Crippen LogP contribution is 2.47. The van der Waals surface area contributed by atoms with Crippen molar-refractivity contribution >= 4 is 46.6 Å². The van der Waals surface area contributed by atoms with Gasteiger partial charge in [0.05, 0.1) is 6.54 Å². The van der Waals surface area contributed by atoms with Gasteiger partial charge in [0.25, 0.3) is 11.8 Å². The number of carbonyl (C=O) groups excluding carboxylic acids is 2. The molecule has 1 heterocycles. The van der Waals surface area contributed by atoms with Crippen LogP contribution in [0.2, 0.25) is 10.0 Å². The molecule has 0 bridgehead atoms. The lowest BCUT2D eigenvalue weighted by molar-refractivity contribution is -0.130. The Balaban J connectivity index is 1.61. The third kappa shape index (κ3) is 5.99. The fourth-order valence-electron chi connectivity index (χ4n) is 5.28. The summed E-state index contributed by atoms with van der Waals surface area (Å²) in [5.41, 5.74) is 7.27. The number of amides is 2. The molecule has 0 saturated heterocycles. The molecule has 1 fully saturated rings. The highest BCUT2D eigenvalue weighted by Gasteiger charge is 2.50. The van der Waals surface area contributed by atoms with E-state index in [1.165, 1.54) is 0 Å². The Morgan fingerprint density at radius 3 is 2.27 bits per heavy atom. The number of nitrogens with two attached hydrogens (primary N) is 1. The normalized spacial score (nSPS) is 21.8. The van der Waals surface area contributed by atoms with E-state index in [2.05, 4.69) is 26.1 Å². The molecule has 1 spiro atoms. The molecule has 7 nitrogen and oxygen atoms in total. The van der Waals surface area contributed by atoms with Crippen LogP contribution in [0.1, 0.15) is 67.9 Å². The number of nitrogens with one attached hydrogen (secondary N) is 2. The number of halogens is 2. The molecular weight excluding hydrogens is 509 g/mol. The summed E-state index contributed by atoms with van der Waals surface area (Å²) >= 11 is 12.5. The number of benzene rings is 2. The predicted octanol–water partition coefficient (Wildman–Crippen LogP) is 5.42. The van der Waals surface area contributed by atoms with E-state index in [0.717, 1.165) is 31.2 Å². The summed E-state index contributed by atoms with van der Waals surface area (Å²) < 4.78 is 0. The molecule has 1 aliphatic carbocycles. The zero-order valence-electron chi connectivity index (χ0n) is 21.4. The van der Waals surface area contributed by atoms with Crippen LogP contribution < -0.4 is 11.1 Å². The first-order valence-corrected chi connectivity index (χ1v) is 13.2. The maximum absolute atomic E-state index is 13.8. The lowest BCUT2D eigenvalue weighted by atomic mass is 9.69. The summed E-state index contributed by atoms with van der Waals surface area (Å²) in [4.78, 5) is 33.1. The van der Waals surface area contributed by atoms with Gasteiger partial charge in [0.1, 0.15) is 17.2 Å². The lowest BCUT2D eigenvalue weighted by Crippen LogP contribution is -2.49. The van der Waals surface area contributed by atoms with Crippen LogP contribution in [0.3, 0.4) is 0 Å². The van der Waals surface area contributed by atoms with Crippen molar-refractivity contribution < 1.29 is 9.59 Å². The van der Waals surface area contributed by atoms with Gasteiger partial charge in [0, 0.05) is 27.7 Å². The number of nitrogens with zero attached hydrogens (tertiary/aromatic N) is 2. The largest absolute Gasteiger partial charge is 0.386 e. The van der Waals surface area contributed by atoms with Gasteiger partial charge < -0.3 is 16.0 Å². The minimum Gasteiger partial charge on any atom is -0.386 e. The van der Waals surface area contributed by atoms with Crippen molar-refractivity contribution in [3.8, 4) is 0 Å². The average Bonchev–Trinajstić information content (AvgIpc) is 3.08. The number of hydrogen-bond donors (Lipinski definition) is 3. The van der Waals surface area contributed by atoms with Crippen molar-refractivity contribution in [3.63, 3.8) is 0 Å². The molecule has 2 aliphatic rings. The summed E-state index contributed by atoms with van der Waals surface area (Å²) in [7, 11) is 0. The van der Waals surface area contributed by atoms with Gasteiger partial charge in [-0.1, -0.05) is 56.1 Å². The van der Waals surface area contributed by atoms with Gasteiger partial charge in [-0.05, 0) is 72.9 Å². The summed E-state index contributed by atoms with van der Waals surface area (Å²) in [6.45, 7) is 7.17. The lowest BCUT2D eigenvalue weighted by Gasteiger charge is -2.44. The van der Waals surface area contributed by atoms with Crippen molar-refractivity contribution in [2.24, 2.45) is 22.1 Å². The Morgan fingerprint density at radius 2 is 1.73 bits per heavy atom. The van der Waals surface area contributed by atoms with Crippen LogP contribution in [0.15, 0.2) is 47.5 Å². The van der Waals surface area contributed by atoms with Crippen molar-refractivity contribution in [2.45, 2.75) is 58.7 Å². The van der Waals surface area contributed by atoms with E-state index in [4.69, 9.17) is 39.3 Å². The molecule has 4 rings (SSSR count). The fraction of sp³-hybridized carbons (Fsp3) is 0.429. The van der Waals surface area contributed by atoms with Gasteiger partial charge in [-0.2, -0.15) is 0 Å². The van der Waals surface area contributed by atoms with Crippen molar-refractivity contribution in [2.75, 3.05) is 6.54 Å². The molecule has 2 aromatic carbocycles. The predicted molar refractivity (Wildman–Crippen MR) is 148 cm³/mol. The van der Waals surface area contributed by atoms with E-state index in [-0.39, 0.29) is 29.6 Å². The van der Waals surface area contributed by atoms with Crippen molar-refractivity contribution in [3.05, 3.63) is 69.2 Å². The van der Waals surface area contributed by atoms with Gasteiger partial charge in [-0.3, -0.25) is 20.0 Å². The van der Waals surface area contributed by atoms with Crippen LogP contribution in [0.4, 0.5) is 0 Å². The van der Waals surface area contributed by atoms with Crippen LogP contribution in [0, 0.1) is 16.7 Å². The molecule has 0 aromatic heterocycles. The van der Waals surface area contributed by atoms with E-state index in [1.54, 1.807) is 30.3 Å². The van der Waals surface area contributed by atoms with Gasteiger partial charge in [-0.15, -0.1) is 0 Å². The second-order valence-corrected chi connectivity index (χ2v) is 11.9. The third-order valence-corrected chi connectivity index (χ3v) is 7.85. The molecule has 196 valence electrons. The maximum Gasteiger partial charge on any atom is 0.274 e. The van der Waals surface area contributed by atoms with Crippen molar-refractivity contribution in [1.29, 1.82) is 5.41 Å².